The lowest BCUT2D eigenvalue weighted by atomic mass is 10.3. The second kappa shape index (κ2) is 5.79. The topological polar surface area (TPSA) is 77.2 Å². The molecule has 0 fully saturated rings. The minimum absolute atomic E-state index is 0.270. The van der Waals surface area contributed by atoms with E-state index in [1.165, 1.54) is 0 Å². The number of aromatic nitrogens is 1. The molecular formula is C13H13N3O2. The lowest BCUT2D eigenvalue weighted by Crippen LogP contribution is -2.30. The number of nitrogens with one attached hydrogen (secondary N) is 1. The van der Waals surface area contributed by atoms with Crippen molar-refractivity contribution in [1.82, 2.24) is 10.4 Å². The predicted molar refractivity (Wildman–Crippen MR) is 66.7 cm³/mol. The van der Waals surface area contributed by atoms with E-state index in [0.29, 0.717) is 12.3 Å². The minimum atomic E-state index is -0.420. The number of hydrogen-bond donors (Lipinski definition) is 2. The van der Waals surface area contributed by atoms with E-state index in [2.05, 4.69) is 4.98 Å². The van der Waals surface area contributed by atoms with Gasteiger partial charge < -0.3 is 4.74 Å². The van der Waals surface area contributed by atoms with Crippen LogP contribution in [0.5, 0.6) is 5.75 Å². The van der Waals surface area contributed by atoms with Crippen molar-refractivity contribution in [2.75, 3.05) is 0 Å². The minimum Gasteiger partial charge on any atom is -0.487 e. The van der Waals surface area contributed by atoms with Crippen LogP contribution in [0.25, 0.3) is 0 Å². The third kappa shape index (κ3) is 3.05. The molecule has 1 heterocycles. The molecule has 1 amide bonds. The fourth-order valence-electron chi connectivity index (χ4n) is 1.43. The van der Waals surface area contributed by atoms with Gasteiger partial charge in [-0.1, -0.05) is 24.3 Å². The van der Waals surface area contributed by atoms with Crippen molar-refractivity contribution in [3.05, 3.63) is 59.9 Å². The van der Waals surface area contributed by atoms with Gasteiger partial charge in [-0.25, -0.2) is 10.8 Å². The van der Waals surface area contributed by atoms with Gasteiger partial charge in [-0.2, -0.15) is 0 Å². The summed E-state index contributed by atoms with van der Waals surface area (Å²) in [5, 5.41) is 0. The van der Waals surface area contributed by atoms with Gasteiger partial charge in [-0.3, -0.25) is 10.2 Å². The molecule has 1 aromatic carbocycles. The first-order valence-corrected chi connectivity index (χ1v) is 5.44. The zero-order chi connectivity index (χ0) is 12.8. The molecule has 5 nitrogen and oxygen atoms in total. The van der Waals surface area contributed by atoms with Crippen molar-refractivity contribution >= 4 is 5.91 Å². The summed E-state index contributed by atoms with van der Waals surface area (Å²) in [5.74, 6) is 5.39. The SMILES string of the molecule is NNC(=O)c1cccc(COc2ccccc2)n1. The van der Waals surface area contributed by atoms with Gasteiger partial charge in [0.1, 0.15) is 18.1 Å². The van der Waals surface area contributed by atoms with E-state index >= 15 is 0 Å². The summed E-state index contributed by atoms with van der Waals surface area (Å²) >= 11 is 0. The van der Waals surface area contributed by atoms with Crippen LogP contribution in [0.1, 0.15) is 16.2 Å². The van der Waals surface area contributed by atoms with Gasteiger partial charge in [0.15, 0.2) is 0 Å². The van der Waals surface area contributed by atoms with Crippen LogP contribution in [0, 0.1) is 0 Å². The molecule has 0 saturated carbocycles. The van der Waals surface area contributed by atoms with E-state index in [9.17, 15) is 4.79 Å². The Balaban J connectivity index is 2.04. The summed E-state index contributed by atoms with van der Waals surface area (Å²) in [6, 6.07) is 14.5. The first-order valence-electron chi connectivity index (χ1n) is 5.44. The second-order valence-corrected chi connectivity index (χ2v) is 3.59. The fourth-order valence-corrected chi connectivity index (χ4v) is 1.43. The molecule has 0 bridgehead atoms. The maximum atomic E-state index is 11.3. The molecule has 0 aliphatic carbocycles. The number of nitrogen functional groups attached to an aromatic ring is 1. The summed E-state index contributed by atoms with van der Waals surface area (Å²) in [7, 11) is 0. The number of pyridine rings is 1. The second-order valence-electron chi connectivity index (χ2n) is 3.59. The molecule has 0 radical (unpaired) electrons. The molecule has 0 aliphatic rings. The molecular weight excluding hydrogens is 230 g/mol. The third-order valence-electron chi connectivity index (χ3n) is 2.30. The van der Waals surface area contributed by atoms with E-state index < -0.39 is 5.91 Å². The molecule has 5 heteroatoms. The number of carbonyl (C=O) groups is 1. The van der Waals surface area contributed by atoms with Crippen LogP contribution in [0.3, 0.4) is 0 Å². The van der Waals surface area contributed by atoms with Crippen LogP contribution in [-0.2, 0) is 6.61 Å². The van der Waals surface area contributed by atoms with Crippen molar-refractivity contribution in [2.24, 2.45) is 5.84 Å². The van der Waals surface area contributed by atoms with Crippen LogP contribution >= 0.6 is 0 Å². The zero-order valence-corrected chi connectivity index (χ0v) is 9.67. The van der Waals surface area contributed by atoms with E-state index in [0.717, 1.165) is 5.75 Å². The molecule has 0 atom stereocenters. The van der Waals surface area contributed by atoms with Crippen LogP contribution in [0.2, 0.25) is 0 Å². The number of hydrogen-bond acceptors (Lipinski definition) is 4. The first kappa shape index (κ1) is 12.1. The Morgan fingerprint density at radius 3 is 2.67 bits per heavy atom. The number of rotatable bonds is 4. The molecule has 18 heavy (non-hydrogen) atoms. The Kier molecular flexibility index (Phi) is 3.88. The van der Waals surface area contributed by atoms with Gasteiger partial charge in [-0.15, -0.1) is 0 Å². The summed E-state index contributed by atoms with van der Waals surface area (Å²) in [6.45, 7) is 0.301. The van der Waals surface area contributed by atoms with Gasteiger partial charge in [-0.05, 0) is 24.3 Å². The highest BCUT2D eigenvalue weighted by atomic mass is 16.5. The summed E-state index contributed by atoms with van der Waals surface area (Å²) in [4.78, 5) is 15.4. The van der Waals surface area contributed by atoms with E-state index in [1.54, 1.807) is 18.2 Å². The maximum Gasteiger partial charge on any atom is 0.283 e. The highest BCUT2D eigenvalue weighted by Crippen LogP contribution is 2.10. The molecule has 2 aromatic rings. The first-order chi connectivity index (χ1) is 8.79. The lowest BCUT2D eigenvalue weighted by molar-refractivity contribution is 0.0948. The number of para-hydroxylation sites is 1. The Bertz CT molecular complexity index is 529. The molecule has 92 valence electrons. The number of benzene rings is 1. The number of nitrogens with zero attached hydrogens (tertiary/aromatic N) is 1. The normalized spacial score (nSPS) is 9.83. The standard InChI is InChI=1S/C13H13N3O2/c14-16-13(17)12-8-4-5-10(15-12)9-18-11-6-2-1-3-7-11/h1-8H,9,14H2,(H,16,17). The Morgan fingerprint density at radius 2 is 1.94 bits per heavy atom. The van der Waals surface area contributed by atoms with Crippen LogP contribution < -0.4 is 16.0 Å². The largest absolute Gasteiger partial charge is 0.487 e. The quantitative estimate of drug-likeness (QED) is 0.481. The number of amides is 1. The number of carbonyl (C=O) groups excluding carboxylic acids is 1. The van der Waals surface area contributed by atoms with E-state index in [-0.39, 0.29) is 5.69 Å². The third-order valence-corrected chi connectivity index (χ3v) is 2.30. The average Bonchev–Trinajstić information content (AvgIpc) is 2.45. The average molecular weight is 243 g/mol. The molecule has 0 aliphatic heterocycles. The molecule has 0 unspecified atom stereocenters. The molecule has 0 saturated heterocycles. The highest BCUT2D eigenvalue weighted by molar-refractivity contribution is 5.91. The van der Waals surface area contributed by atoms with Gasteiger partial charge in [0.25, 0.3) is 5.91 Å². The van der Waals surface area contributed by atoms with Gasteiger partial charge >= 0.3 is 0 Å². The van der Waals surface area contributed by atoms with Crippen LogP contribution in [-0.4, -0.2) is 10.9 Å². The van der Waals surface area contributed by atoms with Crippen molar-refractivity contribution in [2.45, 2.75) is 6.61 Å². The Morgan fingerprint density at radius 1 is 1.17 bits per heavy atom. The van der Waals surface area contributed by atoms with Gasteiger partial charge in [0.05, 0.1) is 5.69 Å². The Labute approximate surface area is 105 Å². The molecule has 1 aromatic heterocycles. The maximum absolute atomic E-state index is 11.3. The number of ether oxygens (including phenoxy) is 1. The molecule has 3 N–H and O–H groups in total. The van der Waals surface area contributed by atoms with E-state index in [1.807, 2.05) is 35.8 Å². The zero-order valence-electron chi connectivity index (χ0n) is 9.67. The van der Waals surface area contributed by atoms with Crippen molar-refractivity contribution < 1.29 is 9.53 Å². The lowest BCUT2D eigenvalue weighted by Gasteiger charge is -2.06. The molecule has 2 rings (SSSR count). The van der Waals surface area contributed by atoms with Crippen molar-refractivity contribution in [1.29, 1.82) is 0 Å². The summed E-state index contributed by atoms with van der Waals surface area (Å²) in [6.07, 6.45) is 0. The van der Waals surface area contributed by atoms with Crippen molar-refractivity contribution in [3.63, 3.8) is 0 Å². The number of nitrogens with two attached hydrogens (primary N) is 1. The van der Waals surface area contributed by atoms with Crippen LogP contribution in [0.15, 0.2) is 48.5 Å². The summed E-state index contributed by atoms with van der Waals surface area (Å²) < 4.78 is 5.53. The monoisotopic (exact) mass is 243 g/mol. The van der Waals surface area contributed by atoms with Gasteiger partial charge in [0, 0.05) is 0 Å². The van der Waals surface area contributed by atoms with Crippen molar-refractivity contribution in [3.8, 4) is 5.75 Å². The molecule has 0 spiro atoms. The van der Waals surface area contributed by atoms with Gasteiger partial charge in [0.2, 0.25) is 0 Å². The highest BCUT2D eigenvalue weighted by Gasteiger charge is 2.06. The van der Waals surface area contributed by atoms with E-state index in [4.69, 9.17) is 10.6 Å². The Hall–Kier alpha value is -2.40. The fraction of sp³-hybridized carbons (Fsp3) is 0.0769. The summed E-state index contributed by atoms with van der Waals surface area (Å²) in [5.41, 5.74) is 2.98. The predicted octanol–water partition coefficient (Wildman–Crippen LogP) is 1.26. The number of hydrazine groups is 1. The smallest absolute Gasteiger partial charge is 0.283 e. The van der Waals surface area contributed by atoms with Crippen LogP contribution in [0.4, 0.5) is 0 Å².